The van der Waals surface area contributed by atoms with Crippen LogP contribution in [0.1, 0.15) is 17.5 Å². The van der Waals surface area contributed by atoms with E-state index in [9.17, 15) is 5.11 Å². The molecule has 0 saturated carbocycles. The molecule has 0 fully saturated rings. The van der Waals surface area contributed by atoms with Crippen LogP contribution < -0.4 is 0 Å². The second-order valence-corrected chi connectivity index (χ2v) is 4.97. The molecule has 19 heavy (non-hydrogen) atoms. The lowest BCUT2D eigenvalue weighted by Crippen LogP contribution is -2.08. The number of hydrogen-bond acceptors (Lipinski definition) is 4. The zero-order chi connectivity index (χ0) is 13.4. The van der Waals surface area contributed by atoms with Crippen LogP contribution >= 0.6 is 15.9 Å². The molecule has 1 unspecified atom stereocenters. The summed E-state index contributed by atoms with van der Waals surface area (Å²) in [4.78, 5) is 4.47. The lowest BCUT2D eigenvalue weighted by Gasteiger charge is -2.11. The van der Waals surface area contributed by atoms with Crippen molar-refractivity contribution in [2.45, 2.75) is 6.10 Å². The molecule has 2 heterocycles. The van der Waals surface area contributed by atoms with E-state index >= 15 is 0 Å². The number of aryl methyl sites for hydroxylation is 1. The van der Waals surface area contributed by atoms with Crippen LogP contribution in [0.25, 0.3) is 10.9 Å². The number of halogens is 1. The normalized spacial score (nSPS) is 12.8. The maximum atomic E-state index is 10.4. The van der Waals surface area contributed by atoms with Gasteiger partial charge in [0, 0.05) is 12.4 Å². The van der Waals surface area contributed by atoms with Gasteiger partial charge in [-0.1, -0.05) is 29.5 Å². The van der Waals surface area contributed by atoms with Crippen molar-refractivity contribution in [2.24, 2.45) is 7.05 Å². The van der Waals surface area contributed by atoms with E-state index < -0.39 is 6.10 Å². The van der Waals surface area contributed by atoms with Crippen LogP contribution in [0.3, 0.4) is 0 Å². The van der Waals surface area contributed by atoms with Crippen molar-refractivity contribution in [3.8, 4) is 0 Å². The number of aromatic nitrogens is 4. The number of fused-ring (bicyclic) bond motifs is 1. The molecule has 2 aromatic heterocycles. The molecule has 5 nitrogen and oxygen atoms in total. The average molecular weight is 319 g/mol. The van der Waals surface area contributed by atoms with Crippen LogP contribution in [-0.2, 0) is 7.05 Å². The van der Waals surface area contributed by atoms with Crippen molar-refractivity contribution in [3.05, 3.63) is 52.4 Å². The quantitative estimate of drug-likeness (QED) is 0.786. The Morgan fingerprint density at radius 3 is 2.74 bits per heavy atom. The molecule has 1 aromatic carbocycles. The van der Waals surface area contributed by atoms with Gasteiger partial charge in [0.05, 0.1) is 11.2 Å². The summed E-state index contributed by atoms with van der Waals surface area (Å²) in [5.74, 6) is 0. The number of benzene rings is 1. The van der Waals surface area contributed by atoms with Crippen LogP contribution in [0.2, 0.25) is 0 Å². The molecule has 0 bridgehead atoms. The van der Waals surface area contributed by atoms with E-state index in [1.807, 2.05) is 36.4 Å². The maximum Gasteiger partial charge on any atom is 0.154 e. The van der Waals surface area contributed by atoms with Gasteiger partial charge in [-0.15, -0.1) is 5.10 Å². The predicted octanol–water partition coefficient (Wildman–Crippen LogP) is 2.21. The zero-order valence-electron chi connectivity index (χ0n) is 10.2. The summed E-state index contributed by atoms with van der Waals surface area (Å²) < 4.78 is 2.06. The van der Waals surface area contributed by atoms with Crippen LogP contribution in [-0.4, -0.2) is 25.1 Å². The second kappa shape index (κ2) is 4.71. The molecule has 1 atom stereocenters. The fourth-order valence-corrected chi connectivity index (χ4v) is 2.55. The number of aliphatic hydroxyl groups is 1. The number of para-hydroxylation sites is 1. The highest BCUT2D eigenvalue weighted by atomic mass is 79.9. The van der Waals surface area contributed by atoms with Crippen LogP contribution in [0.15, 0.2) is 41.0 Å². The molecule has 0 saturated heterocycles. The van der Waals surface area contributed by atoms with Gasteiger partial charge in [0.2, 0.25) is 0 Å². The van der Waals surface area contributed by atoms with Gasteiger partial charge in [-0.2, -0.15) is 0 Å². The molecule has 0 aliphatic heterocycles. The Hall–Kier alpha value is -1.79. The topological polar surface area (TPSA) is 63.8 Å². The number of nitrogens with zero attached hydrogens (tertiary/aromatic N) is 4. The maximum absolute atomic E-state index is 10.4. The van der Waals surface area contributed by atoms with Crippen molar-refractivity contribution in [1.29, 1.82) is 0 Å². The Labute approximate surface area is 118 Å². The standard InChI is InChI=1S/C13H11BrN4O/c1-18-11(13(14)16-17-18)12(19)10-7-6-8-4-2-3-5-9(8)15-10/h2-7,12,19H,1H3. The van der Waals surface area contributed by atoms with Crippen LogP contribution in [0.5, 0.6) is 0 Å². The Bertz CT molecular complexity index is 721. The number of pyridine rings is 1. The molecule has 0 radical (unpaired) electrons. The molecule has 6 heteroatoms. The van der Waals surface area contributed by atoms with Gasteiger partial charge >= 0.3 is 0 Å². The summed E-state index contributed by atoms with van der Waals surface area (Å²) in [6, 6.07) is 11.5. The van der Waals surface area contributed by atoms with E-state index in [0.717, 1.165) is 10.9 Å². The summed E-state index contributed by atoms with van der Waals surface area (Å²) in [6.07, 6.45) is -0.862. The predicted molar refractivity (Wildman–Crippen MR) is 74.5 cm³/mol. The van der Waals surface area contributed by atoms with Crippen molar-refractivity contribution in [2.75, 3.05) is 0 Å². The smallest absolute Gasteiger partial charge is 0.154 e. The number of rotatable bonds is 2. The van der Waals surface area contributed by atoms with Gasteiger partial charge in [-0.3, -0.25) is 0 Å². The summed E-state index contributed by atoms with van der Waals surface area (Å²) in [6.45, 7) is 0. The minimum absolute atomic E-state index is 0.525. The van der Waals surface area contributed by atoms with E-state index in [4.69, 9.17) is 0 Å². The van der Waals surface area contributed by atoms with Gasteiger partial charge in [0.25, 0.3) is 0 Å². The van der Waals surface area contributed by atoms with Crippen molar-refractivity contribution >= 4 is 26.8 Å². The van der Waals surface area contributed by atoms with E-state index in [0.29, 0.717) is 16.0 Å². The highest BCUT2D eigenvalue weighted by Crippen LogP contribution is 2.26. The van der Waals surface area contributed by atoms with Gasteiger partial charge in [0.1, 0.15) is 11.8 Å². The fraction of sp³-hybridized carbons (Fsp3) is 0.154. The molecule has 0 spiro atoms. The molecule has 3 aromatic rings. The van der Waals surface area contributed by atoms with E-state index in [2.05, 4.69) is 31.2 Å². The third-order valence-corrected chi connectivity index (χ3v) is 3.55. The first-order valence-electron chi connectivity index (χ1n) is 5.75. The summed E-state index contributed by atoms with van der Waals surface area (Å²) in [7, 11) is 1.73. The largest absolute Gasteiger partial charge is 0.380 e. The Morgan fingerprint density at radius 2 is 2.00 bits per heavy atom. The molecule has 0 aliphatic carbocycles. The second-order valence-electron chi connectivity index (χ2n) is 4.22. The zero-order valence-corrected chi connectivity index (χ0v) is 11.7. The monoisotopic (exact) mass is 318 g/mol. The van der Waals surface area contributed by atoms with Gasteiger partial charge in [0.15, 0.2) is 4.60 Å². The molecule has 3 rings (SSSR count). The molecule has 0 amide bonds. The molecule has 1 N–H and O–H groups in total. The highest BCUT2D eigenvalue weighted by Gasteiger charge is 2.20. The first-order chi connectivity index (χ1) is 9.16. The Morgan fingerprint density at radius 1 is 1.21 bits per heavy atom. The van der Waals surface area contributed by atoms with Gasteiger partial charge in [-0.05, 0) is 28.1 Å². The first-order valence-corrected chi connectivity index (χ1v) is 6.55. The third kappa shape index (κ3) is 2.13. The van der Waals surface area contributed by atoms with E-state index in [1.54, 1.807) is 7.05 Å². The van der Waals surface area contributed by atoms with Crippen molar-refractivity contribution in [3.63, 3.8) is 0 Å². The van der Waals surface area contributed by atoms with Crippen molar-refractivity contribution < 1.29 is 5.11 Å². The van der Waals surface area contributed by atoms with Crippen LogP contribution in [0, 0.1) is 0 Å². The molecular weight excluding hydrogens is 308 g/mol. The molecule has 96 valence electrons. The minimum Gasteiger partial charge on any atom is -0.380 e. The summed E-state index contributed by atoms with van der Waals surface area (Å²) in [5.41, 5.74) is 2.01. The lowest BCUT2D eigenvalue weighted by atomic mass is 10.1. The van der Waals surface area contributed by atoms with Crippen LogP contribution in [0.4, 0.5) is 0 Å². The first kappa shape index (κ1) is 12.3. The number of aliphatic hydroxyl groups excluding tert-OH is 1. The highest BCUT2D eigenvalue weighted by molar-refractivity contribution is 9.10. The van der Waals surface area contributed by atoms with Gasteiger partial charge in [-0.25, -0.2) is 9.67 Å². The minimum atomic E-state index is -0.862. The molecule has 0 aliphatic rings. The third-order valence-electron chi connectivity index (χ3n) is 2.99. The van der Waals surface area contributed by atoms with Crippen molar-refractivity contribution in [1.82, 2.24) is 20.0 Å². The average Bonchev–Trinajstić information content (AvgIpc) is 2.77. The van der Waals surface area contributed by atoms with E-state index in [-0.39, 0.29) is 0 Å². The Balaban J connectivity index is 2.09. The SMILES string of the molecule is Cn1nnc(Br)c1C(O)c1ccc2ccccc2n1. The summed E-state index contributed by atoms with van der Waals surface area (Å²) >= 11 is 3.28. The summed E-state index contributed by atoms with van der Waals surface area (Å²) in [5, 5.41) is 19.2. The molecular formula is C13H11BrN4O. The van der Waals surface area contributed by atoms with E-state index in [1.165, 1.54) is 4.68 Å². The Kier molecular flexibility index (Phi) is 3.04. The number of hydrogen-bond donors (Lipinski definition) is 1. The fourth-order valence-electron chi connectivity index (χ4n) is 2.00. The lowest BCUT2D eigenvalue weighted by molar-refractivity contribution is 0.204. The van der Waals surface area contributed by atoms with Gasteiger partial charge < -0.3 is 5.11 Å².